The molecule has 0 saturated carbocycles. The standard InChI is InChI=1S/C13H19N5O/c1-3-12(8-19)15-10(2)11-5-4-6-13(7-11)18-9-14-16-17-18/h4-7,9-10,12,15,19H,3,8H2,1-2H3/t10?,12-/m1/s1. The van der Waals surface area contributed by atoms with Crippen molar-refractivity contribution in [1.29, 1.82) is 0 Å². The van der Waals surface area contributed by atoms with E-state index in [0.29, 0.717) is 0 Å². The van der Waals surface area contributed by atoms with Gasteiger partial charge in [0.2, 0.25) is 0 Å². The fourth-order valence-electron chi connectivity index (χ4n) is 1.97. The Balaban J connectivity index is 2.14. The van der Waals surface area contributed by atoms with Crippen LogP contribution in [0.2, 0.25) is 0 Å². The normalized spacial score (nSPS) is 14.3. The van der Waals surface area contributed by atoms with Gasteiger partial charge in [0.25, 0.3) is 0 Å². The molecule has 6 heteroatoms. The lowest BCUT2D eigenvalue weighted by Gasteiger charge is -2.21. The van der Waals surface area contributed by atoms with Crippen molar-refractivity contribution in [3.05, 3.63) is 36.2 Å². The lowest BCUT2D eigenvalue weighted by Crippen LogP contribution is -2.33. The molecule has 102 valence electrons. The lowest BCUT2D eigenvalue weighted by molar-refractivity contribution is 0.230. The molecule has 1 aromatic heterocycles. The van der Waals surface area contributed by atoms with Crippen LogP contribution in [0.15, 0.2) is 30.6 Å². The van der Waals surface area contributed by atoms with Gasteiger partial charge in [0.05, 0.1) is 12.3 Å². The second-order valence-corrected chi connectivity index (χ2v) is 4.53. The molecule has 0 spiro atoms. The van der Waals surface area contributed by atoms with Crippen molar-refractivity contribution in [3.8, 4) is 5.69 Å². The third kappa shape index (κ3) is 3.36. The number of benzene rings is 1. The highest BCUT2D eigenvalue weighted by Gasteiger charge is 2.11. The smallest absolute Gasteiger partial charge is 0.143 e. The number of hydrogen-bond donors (Lipinski definition) is 2. The number of rotatable bonds is 6. The molecule has 19 heavy (non-hydrogen) atoms. The molecule has 2 N–H and O–H groups in total. The van der Waals surface area contributed by atoms with Gasteiger partial charge in [0.1, 0.15) is 6.33 Å². The minimum Gasteiger partial charge on any atom is -0.395 e. The van der Waals surface area contributed by atoms with Crippen LogP contribution in [0, 0.1) is 0 Å². The van der Waals surface area contributed by atoms with Gasteiger partial charge in [-0.15, -0.1) is 5.10 Å². The third-order valence-corrected chi connectivity index (χ3v) is 3.18. The summed E-state index contributed by atoms with van der Waals surface area (Å²) in [6.07, 6.45) is 2.47. The average molecular weight is 261 g/mol. The van der Waals surface area contributed by atoms with Crippen molar-refractivity contribution in [1.82, 2.24) is 25.5 Å². The summed E-state index contributed by atoms with van der Waals surface area (Å²) in [6, 6.07) is 8.30. The van der Waals surface area contributed by atoms with E-state index >= 15 is 0 Å². The van der Waals surface area contributed by atoms with E-state index in [-0.39, 0.29) is 18.7 Å². The summed E-state index contributed by atoms with van der Waals surface area (Å²) in [7, 11) is 0. The van der Waals surface area contributed by atoms with E-state index < -0.39 is 0 Å². The minimum atomic E-state index is 0.117. The number of aromatic nitrogens is 4. The maximum absolute atomic E-state index is 9.23. The Labute approximate surface area is 112 Å². The van der Waals surface area contributed by atoms with Crippen LogP contribution in [0.5, 0.6) is 0 Å². The predicted octanol–water partition coefficient (Wildman–Crippen LogP) is 1.08. The molecule has 1 aromatic carbocycles. The molecule has 0 aliphatic rings. The van der Waals surface area contributed by atoms with Crippen LogP contribution in [0.1, 0.15) is 31.9 Å². The minimum absolute atomic E-state index is 0.117. The highest BCUT2D eigenvalue weighted by molar-refractivity contribution is 5.35. The molecule has 2 atom stereocenters. The predicted molar refractivity (Wildman–Crippen MR) is 71.9 cm³/mol. The molecule has 0 aliphatic carbocycles. The van der Waals surface area contributed by atoms with E-state index in [4.69, 9.17) is 0 Å². The monoisotopic (exact) mass is 261 g/mol. The van der Waals surface area contributed by atoms with Crippen LogP contribution in [-0.4, -0.2) is 38.0 Å². The molecule has 0 bridgehead atoms. The van der Waals surface area contributed by atoms with Crippen LogP contribution in [0.4, 0.5) is 0 Å². The van der Waals surface area contributed by atoms with Gasteiger partial charge in [0.15, 0.2) is 0 Å². The second kappa shape index (κ2) is 6.40. The number of aliphatic hydroxyl groups excluding tert-OH is 1. The average Bonchev–Trinajstić information content (AvgIpc) is 2.99. The first kappa shape index (κ1) is 13.6. The molecule has 1 unspecified atom stereocenters. The van der Waals surface area contributed by atoms with Crippen molar-refractivity contribution >= 4 is 0 Å². The second-order valence-electron chi connectivity index (χ2n) is 4.53. The van der Waals surface area contributed by atoms with E-state index in [9.17, 15) is 5.11 Å². The summed E-state index contributed by atoms with van der Waals surface area (Å²) >= 11 is 0. The van der Waals surface area contributed by atoms with Gasteiger partial charge in [-0.25, -0.2) is 4.68 Å². The highest BCUT2D eigenvalue weighted by atomic mass is 16.3. The summed E-state index contributed by atoms with van der Waals surface area (Å²) in [4.78, 5) is 0. The van der Waals surface area contributed by atoms with Crippen molar-refractivity contribution in [2.45, 2.75) is 32.4 Å². The van der Waals surface area contributed by atoms with Gasteiger partial charge in [-0.05, 0) is 41.5 Å². The zero-order valence-corrected chi connectivity index (χ0v) is 11.2. The summed E-state index contributed by atoms with van der Waals surface area (Å²) in [6.45, 7) is 4.28. The summed E-state index contributed by atoms with van der Waals surface area (Å²) in [5.74, 6) is 0. The topological polar surface area (TPSA) is 75.9 Å². The molecule has 0 radical (unpaired) electrons. The largest absolute Gasteiger partial charge is 0.395 e. The molecule has 2 rings (SSSR count). The van der Waals surface area contributed by atoms with E-state index in [1.165, 1.54) is 0 Å². The first-order valence-electron chi connectivity index (χ1n) is 6.44. The Morgan fingerprint density at radius 3 is 2.89 bits per heavy atom. The van der Waals surface area contributed by atoms with Gasteiger partial charge >= 0.3 is 0 Å². The van der Waals surface area contributed by atoms with Gasteiger partial charge in [0, 0.05) is 12.1 Å². The molecule has 1 heterocycles. The van der Waals surface area contributed by atoms with Crippen LogP contribution in [0.3, 0.4) is 0 Å². The Bertz CT molecular complexity index is 495. The Morgan fingerprint density at radius 1 is 1.42 bits per heavy atom. The Morgan fingerprint density at radius 2 is 2.26 bits per heavy atom. The van der Waals surface area contributed by atoms with Crippen LogP contribution >= 0.6 is 0 Å². The van der Waals surface area contributed by atoms with Gasteiger partial charge in [-0.1, -0.05) is 19.1 Å². The van der Waals surface area contributed by atoms with Crippen molar-refractivity contribution < 1.29 is 5.11 Å². The third-order valence-electron chi connectivity index (χ3n) is 3.18. The lowest BCUT2D eigenvalue weighted by atomic mass is 10.1. The zero-order chi connectivity index (χ0) is 13.7. The number of aliphatic hydroxyl groups is 1. The van der Waals surface area contributed by atoms with E-state index in [1.54, 1.807) is 11.0 Å². The van der Waals surface area contributed by atoms with Gasteiger partial charge in [-0.2, -0.15) is 0 Å². The van der Waals surface area contributed by atoms with Crippen molar-refractivity contribution in [3.63, 3.8) is 0 Å². The molecule has 6 nitrogen and oxygen atoms in total. The molecule has 0 amide bonds. The number of nitrogens with one attached hydrogen (secondary N) is 1. The molecular formula is C13H19N5O. The first-order chi connectivity index (χ1) is 9.24. The maximum atomic E-state index is 9.23. The van der Waals surface area contributed by atoms with E-state index in [1.807, 2.05) is 18.2 Å². The summed E-state index contributed by atoms with van der Waals surface area (Å²) in [5.41, 5.74) is 2.06. The molecule has 0 fully saturated rings. The maximum Gasteiger partial charge on any atom is 0.143 e. The molecule has 0 saturated heterocycles. The summed E-state index contributed by atoms with van der Waals surface area (Å²) in [5, 5.41) is 23.8. The van der Waals surface area contributed by atoms with Crippen LogP contribution in [0.25, 0.3) is 5.69 Å². The fraction of sp³-hybridized carbons (Fsp3) is 0.462. The Kier molecular flexibility index (Phi) is 4.59. The SMILES string of the molecule is CC[C@H](CO)NC(C)c1cccc(-n2cnnn2)c1. The van der Waals surface area contributed by atoms with Crippen molar-refractivity contribution in [2.75, 3.05) is 6.61 Å². The van der Waals surface area contributed by atoms with Crippen LogP contribution < -0.4 is 5.32 Å². The first-order valence-corrected chi connectivity index (χ1v) is 6.44. The van der Waals surface area contributed by atoms with Gasteiger partial charge in [-0.3, -0.25) is 0 Å². The fourth-order valence-corrected chi connectivity index (χ4v) is 1.97. The van der Waals surface area contributed by atoms with Crippen LogP contribution in [-0.2, 0) is 0 Å². The molecule has 2 aromatic rings. The van der Waals surface area contributed by atoms with E-state index in [0.717, 1.165) is 17.7 Å². The quantitative estimate of drug-likeness (QED) is 0.814. The summed E-state index contributed by atoms with van der Waals surface area (Å²) < 4.78 is 1.62. The zero-order valence-electron chi connectivity index (χ0n) is 11.2. The van der Waals surface area contributed by atoms with Gasteiger partial charge < -0.3 is 10.4 Å². The highest BCUT2D eigenvalue weighted by Crippen LogP contribution is 2.17. The number of tetrazole rings is 1. The number of hydrogen-bond acceptors (Lipinski definition) is 5. The van der Waals surface area contributed by atoms with Crippen molar-refractivity contribution in [2.24, 2.45) is 0 Å². The number of nitrogens with zero attached hydrogens (tertiary/aromatic N) is 4. The Hall–Kier alpha value is -1.79. The molecular weight excluding hydrogens is 242 g/mol. The van der Waals surface area contributed by atoms with E-state index in [2.05, 4.69) is 40.8 Å². The molecule has 0 aliphatic heterocycles.